The summed E-state index contributed by atoms with van der Waals surface area (Å²) < 4.78 is 22.4. The van der Waals surface area contributed by atoms with E-state index < -0.39 is 0 Å². The quantitative estimate of drug-likeness (QED) is 0.537. The van der Waals surface area contributed by atoms with Gasteiger partial charge >= 0.3 is 0 Å². The van der Waals surface area contributed by atoms with Crippen LogP contribution in [-0.2, 0) is 17.8 Å². The Labute approximate surface area is 191 Å². The number of hydrogen-bond donors (Lipinski definition) is 1. The van der Waals surface area contributed by atoms with Crippen molar-refractivity contribution in [2.75, 3.05) is 19.8 Å². The molecule has 0 atom stereocenters. The van der Waals surface area contributed by atoms with Crippen molar-refractivity contribution in [3.63, 3.8) is 0 Å². The van der Waals surface area contributed by atoms with Crippen LogP contribution in [0.15, 0.2) is 54.7 Å². The van der Waals surface area contributed by atoms with Gasteiger partial charge in [0.15, 0.2) is 23.0 Å². The number of fused-ring (bicyclic) bond motifs is 1. The maximum Gasteiger partial charge on any atom is 0.224 e. The molecule has 1 aliphatic heterocycles. The van der Waals surface area contributed by atoms with Crippen LogP contribution in [0.5, 0.6) is 28.9 Å². The number of aromatic nitrogens is 1. The molecule has 0 saturated carbocycles. The van der Waals surface area contributed by atoms with Gasteiger partial charge in [0.05, 0.1) is 18.1 Å². The summed E-state index contributed by atoms with van der Waals surface area (Å²) in [5.41, 5.74) is 1.61. The normalized spacial score (nSPS) is 12.2. The Kier molecular flexibility index (Phi) is 6.97. The third kappa shape index (κ3) is 5.42. The van der Waals surface area contributed by atoms with Crippen LogP contribution < -0.4 is 24.3 Å². The highest BCUT2D eigenvalue weighted by Crippen LogP contribution is 2.38. The van der Waals surface area contributed by atoms with Crippen molar-refractivity contribution >= 4 is 17.5 Å². The fourth-order valence-electron chi connectivity index (χ4n) is 3.21. The van der Waals surface area contributed by atoms with E-state index >= 15 is 0 Å². The standard InChI is InChI=1S/C24H23ClN2O5/c1-2-29-19-5-3-4-6-20(19)32-23-8-7-16(15-27-23)14-26-22(28)13-17-11-18(25)24-21(12-17)30-9-10-31-24/h3-8,11-12,15H,2,9-10,13-14H2,1H3,(H,26,28). The number of carbonyl (C=O) groups excluding carboxylic acids is 1. The number of halogens is 1. The molecule has 0 aliphatic carbocycles. The topological polar surface area (TPSA) is 78.9 Å². The highest BCUT2D eigenvalue weighted by molar-refractivity contribution is 6.32. The van der Waals surface area contributed by atoms with Crippen molar-refractivity contribution in [1.82, 2.24) is 10.3 Å². The van der Waals surface area contributed by atoms with E-state index in [-0.39, 0.29) is 12.3 Å². The molecule has 2 heterocycles. The van der Waals surface area contributed by atoms with E-state index in [2.05, 4.69) is 10.3 Å². The van der Waals surface area contributed by atoms with E-state index in [0.717, 1.165) is 11.1 Å². The molecular weight excluding hydrogens is 432 g/mol. The van der Waals surface area contributed by atoms with Gasteiger partial charge in [-0.05, 0) is 42.3 Å². The number of nitrogens with zero attached hydrogens (tertiary/aromatic N) is 1. The second-order valence-electron chi connectivity index (χ2n) is 7.04. The average Bonchev–Trinajstić information content (AvgIpc) is 2.80. The van der Waals surface area contributed by atoms with E-state index in [4.69, 9.17) is 30.5 Å². The summed E-state index contributed by atoms with van der Waals surface area (Å²) in [5.74, 6) is 2.66. The number of carbonyl (C=O) groups is 1. The summed E-state index contributed by atoms with van der Waals surface area (Å²) in [5, 5.41) is 3.33. The van der Waals surface area contributed by atoms with Crippen molar-refractivity contribution in [3.05, 3.63) is 70.9 Å². The second-order valence-corrected chi connectivity index (χ2v) is 7.45. The number of amides is 1. The number of nitrogens with one attached hydrogen (secondary N) is 1. The minimum Gasteiger partial charge on any atom is -0.490 e. The summed E-state index contributed by atoms with van der Waals surface area (Å²) in [7, 11) is 0. The predicted octanol–water partition coefficient (Wildman–Crippen LogP) is 4.56. The molecule has 4 rings (SSSR count). The van der Waals surface area contributed by atoms with E-state index in [1.54, 1.807) is 24.4 Å². The molecule has 8 heteroatoms. The Morgan fingerprint density at radius 1 is 1.09 bits per heavy atom. The summed E-state index contributed by atoms with van der Waals surface area (Å²) in [4.78, 5) is 16.7. The highest BCUT2D eigenvalue weighted by Gasteiger charge is 2.17. The third-order valence-electron chi connectivity index (χ3n) is 4.67. The third-order valence-corrected chi connectivity index (χ3v) is 4.95. The first-order valence-electron chi connectivity index (χ1n) is 10.3. The van der Waals surface area contributed by atoms with Gasteiger partial charge in [-0.3, -0.25) is 4.79 Å². The summed E-state index contributed by atoms with van der Waals surface area (Å²) in [6.07, 6.45) is 1.85. The number of para-hydroxylation sites is 2. The van der Waals surface area contributed by atoms with Gasteiger partial charge in [-0.1, -0.05) is 29.8 Å². The molecule has 0 fully saturated rings. The molecular formula is C24H23ClN2O5. The van der Waals surface area contributed by atoms with Crippen LogP contribution in [-0.4, -0.2) is 30.7 Å². The van der Waals surface area contributed by atoms with Gasteiger partial charge in [-0.15, -0.1) is 0 Å². The first-order valence-corrected chi connectivity index (χ1v) is 10.7. The SMILES string of the molecule is CCOc1ccccc1Oc1ccc(CNC(=O)Cc2cc(Cl)c3c(c2)OCCO3)cn1. The number of benzene rings is 2. The van der Waals surface area contributed by atoms with Crippen LogP contribution in [0.1, 0.15) is 18.1 Å². The van der Waals surface area contributed by atoms with Crippen LogP contribution >= 0.6 is 11.6 Å². The molecule has 32 heavy (non-hydrogen) atoms. The first kappa shape index (κ1) is 21.8. The maximum absolute atomic E-state index is 12.4. The van der Waals surface area contributed by atoms with E-state index in [1.807, 2.05) is 37.3 Å². The van der Waals surface area contributed by atoms with Crippen molar-refractivity contribution in [1.29, 1.82) is 0 Å². The molecule has 7 nitrogen and oxygen atoms in total. The molecule has 1 N–H and O–H groups in total. The van der Waals surface area contributed by atoms with Crippen molar-refractivity contribution in [3.8, 4) is 28.9 Å². The van der Waals surface area contributed by atoms with Crippen molar-refractivity contribution in [2.45, 2.75) is 19.9 Å². The van der Waals surface area contributed by atoms with Gasteiger partial charge in [0, 0.05) is 18.8 Å². The Hall–Kier alpha value is -3.45. The van der Waals surface area contributed by atoms with E-state index in [1.165, 1.54) is 0 Å². The van der Waals surface area contributed by atoms with Gasteiger partial charge in [-0.2, -0.15) is 0 Å². The molecule has 0 saturated heterocycles. The average molecular weight is 455 g/mol. The number of ether oxygens (including phenoxy) is 4. The summed E-state index contributed by atoms with van der Waals surface area (Å²) >= 11 is 6.24. The van der Waals surface area contributed by atoms with Crippen LogP contribution in [0, 0.1) is 0 Å². The fraction of sp³-hybridized carbons (Fsp3) is 0.250. The van der Waals surface area contributed by atoms with Gasteiger partial charge in [0.25, 0.3) is 0 Å². The van der Waals surface area contributed by atoms with Gasteiger partial charge in [0.1, 0.15) is 13.2 Å². The van der Waals surface area contributed by atoms with Crippen molar-refractivity contribution < 1.29 is 23.7 Å². The fourth-order valence-corrected chi connectivity index (χ4v) is 3.50. The maximum atomic E-state index is 12.4. The minimum absolute atomic E-state index is 0.135. The zero-order valence-electron chi connectivity index (χ0n) is 17.6. The lowest BCUT2D eigenvalue weighted by molar-refractivity contribution is -0.120. The van der Waals surface area contributed by atoms with E-state index in [9.17, 15) is 4.79 Å². The molecule has 1 aliphatic rings. The van der Waals surface area contributed by atoms with E-state index in [0.29, 0.717) is 60.3 Å². The van der Waals surface area contributed by atoms with Crippen LogP contribution in [0.25, 0.3) is 0 Å². The zero-order valence-corrected chi connectivity index (χ0v) is 18.4. The molecule has 0 radical (unpaired) electrons. The molecule has 0 spiro atoms. The number of hydrogen-bond acceptors (Lipinski definition) is 6. The Morgan fingerprint density at radius 2 is 1.91 bits per heavy atom. The molecule has 1 aromatic heterocycles. The molecule has 166 valence electrons. The van der Waals surface area contributed by atoms with Gasteiger partial charge in [-0.25, -0.2) is 4.98 Å². The Balaban J connectivity index is 1.32. The molecule has 2 aromatic carbocycles. The highest BCUT2D eigenvalue weighted by atomic mass is 35.5. The molecule has 3 aromatic rings. The second kappa shape index (κ2) is 10.2. The lowest BCUT2D eigenvalue weighted by Crippen LogP contribution is -2.24. The van der Waals surface area contributed by atoms with Crippen LogP contribution in [0.3, 0.4) is 0 Å². The minimum atomic E-state index is -0.135. The Bertz CT molecular complexity index is 1090. The Morgan fingerprint density at radius 3 is 2.69 bits per heavy atom. The van der Waals surface area contributed by atoms with Crippen LogP contribution in [0.4, 0.5) is 0 Å². The largest absolute Gasteiger partial charge is 0.490 e. The predicted molar refractivity (Wildman–Crippen MR) is 120 cm³/mol. The van der Waals surface area contributed by atoms with Crippen LogP contribution in [0.2, 0.25) is 5.02 Å². The molecule has 0 unspecified atom stereocenters. The molecule has 0 bridgehead atoms. The smallest absolute Gasteiger partial charge is 0.224 e. The summed E-state index contributed by atoms with van der Waals surface area (Å²) in [6.45, 7) is 3.73. The summed E-state index contributed by atoms with van der Waals surface area (Å²) in [6, 6.07) is 14.5. The number of rotatable bonds is 8. The zero-order chi connectivity index (χ0) is 22.3. The van der Waals surface area contributed by atoms with Gasteiger partial charge in [0.2, 0.25) is 11.8 Å². The monoisotopic (exact) mass is 454 g/mol. The lowest BCUT2D eigenvalue weighted by atomic mass is 10.1. The number of pyridine rings is 1. The first-order chi connectivity index (χ1) is 15.6. The lowest BCUT2D eigenvalue weighted by Gasteiger charge is -2.20. The van der Waals surface area contributed by atoms with Gasteiger partial charge < -0.3 is 24.3 Å². The van der Waals surface area contributed by atoms with Crippen molar-refractivity contribution in [2.24, 2.45) is 0 Å². The molecule has 1 amide bonds.